The predicted octanol–water partition coefficient (Wildman–Crippen LogP) is 2.51. The lowest BCUT2D eigenvalue weighted by Gasteiger charge is -2.24. The van der Waals surface area contributed by atoms with Gasteiger partial charge in [-0.15, -0.1) is 0 Å². The van der Waals surface area contributed by atoms with Crippen molar-refractivity contribution in [3.8, 4) is 0 Å². The highest BCUT2D eigenvalue weighted by molar-refractivity contribution is 5.93. The van der Waals surface area contributed by atoms with Crippen molar-refractivity contribution in [2.45, 2.75) is 32.7 Å². The molecule has 0 radical (unpaired) electrons. The molecule has 0 spiro atoms. The van der Waals surface area contributed by atoms with Crippen LogP contribution in [0.1, 0.15) is 25.8 Å². The first-order chi connectivity index (χ1) is 8.78. The van der Waals surface area contributed by atoms with E-state index in [2.05, 4.69) is 10.6 Å². The minimum Gasteiger partial charge on any atom is -0.480 e. The number of hydrogen-bond donors (Lipinski definition) is 3. The van der Waals surface area contributed by atoms with Crippen molar-refractivity contribution < 1.29 is 19.1 Å². The summed E-state index contributed by atoms with van der Waals surface area (Å²) in [4.78, 5) is 22.7. The number of aliphatic carboxylic acids is 1. The number of amides is 2. The molecule has 1 aromatic rings. The lowest BCUT2D eigenvalue weighted by atomic mass is 10.00. The Bertz CT molecular complexity index is 505. The van der Waals surface area contributed by atoms with Crippen molar-refractivity contribution in [1.29, 1.82) is 0 Å². The standard InChI is InChI=1S/C13H17FN2O3/c1-4-13(3,11(17)18)16-12(19)15-9-6-5-8(2)10(14)7-9/h5-7H,4H2,1-3H3,(H,17,18)(H2,15,16,19). The number of nitrogens with one attached hydrogen (secondary N) is 2. The van der Waals surface area contributed by atoms with Gasteiger partial charge in [-0.3, -0.25) is 0 Å². The van der Waals surface area contributed by atoms with Crippen LogP contribution in [0.2, 0.25) is 0 Å². The normalized spacial score (nSPS) is 13.5. The summed E-state index contributed by atoms with van der Waals surface area (Å²) in [6, 6.07) is 3.57. The molecule has 0 aliphatic rings. The molecule has 0 aliphatic heterocycles. The highest BCUT2D eigenvalue weighted by Gasteiger charge is 2.32. The minimum atomic E-state index is -1.35. The number of carbonyl (C=O) groups is 2. The Morgan fingerprint density at radius 2 is 2.05 bits per heavy atom. The molecule has 5 nitrogen and oxygen atoms in total. The lowest BCUT2D eigenvalue weighted by molar-refractivity contribution is -0.143. The van der Waals surface area contributed by atoms with Crippen LogP contribution in [-0.2, 0) is 4.79 Å². The Kier molecular flexibility index (Phi) is 4.47. The number of rotatable bonds is 4. The van der Waals surface area contributed by atoms with Crippen LogP contribution in [0, 0.1) is 12.7 Å². The largest absolute Gasteiger partial charge is 0.480 e. The average Bonchev–Trinajstić information content (AvgIpc) is 2.33. The van der Waals surface area contributed by atoms with Crippen LogP contribution in [0.4, 0.5) is 14.9 Å². The van der Waals surface area contributed by atoms with Gasteiger partial charge in [0.05, 0.1) is 0 Å². The van der Waals surface area contributed by atoms with Gasteiger partial charge in [0.2, 0.25) is 0 Å². The van der Waals surface area contributed by atoms with E-state index < -0.39 is 23.4 Å². The average molecular weight is 268 g/mol. The Balaban J connectivity index is 2.75. The second-order valence-electron chi connectivity index (χ2n) is 4.53. The van der Waals surface area contributed by atoms with Gasteiger partial charge in [-0.25, -0.2) is 14.0 Å². The number of aryl methyl sites for hydroxylation is 1. The van der Waals surface area contributed by atoms with Crippen molar-refractivity contribution in [2.24, 2.45) is 0 Å². The van der Waals surface area contributed by atoms with E-state index in [-0.39, 0.29) is 12.1 Å². The van der Waals surface area contributed by atoms with E-state index in [1.54, 1.807) is 19.9 Å². The molecule has 1 atom stereocenters. The Labute approximate surface area is 110 Å². The van der Waals surface area contributed by atoms with E-state index in [1.807, 2.05) is 0 Å². The van der Waals surface area contributed by atoms with Crippen molar-refractivity contribution in [2.75, 3.05) is 5.32 Å². The molecule has 1 unspecified atom stereocenters. The molecule has 0 aliphatic carbocycles. The number of carboxylic acids is 1. The number of benzene rings is 1. The smallest absolute Gasteiger partial charge is 0.329 e. The van der Waals surface area contributed by atoms with Crippen molar-refractivity contribution in [3.05, 3.63) is 29.6 Å². The fourth-order valence-corrected chi connectivity index (χ4v) is 1.38. The monoisotopic (exact) mass is 268 g/mol. The number of hydrogen-bond acceptors (Lipinski definition) is 2. The molecule has 0 bridgehead atoms. The molecule has 3 N–H and O–H groups in total. The summed E-state index contributed by atoms with van der Waals surface area (Å²) < 4.78 is 13.3. The van der Waals surface area contributed by atoms with Gasteiger partial charge in [-0.2, -0.15) is 0 Å². The quantitative estimate of drug-likeness (QED) is 0.785. The maximum Gasteiger partial charge on any atom is 0.329 e. The molecule has 0 saturated heterocycles. The zero-order chi connectivity index (χ0) is 14.6. The maximum atomic E-state index is 13.3. The van der Waals surface area contributed by atoms with E-state index in [1.165, 1.54) is 19.1 Å². The SMILES string of the molecule is CCC(C)(NC(=O)Nc1ccc(C)c(F)c1)C(=O)O. The summed E-state index contributed by atoms with van der Waals surface area (Å²) in [7, 11) is 0. The van der Waals surface area contributed by atoms with E-state index in [0.717, 1.165) is 0 Å². The summed E-state index contributed by atoms with van der Waals surface area (Å²) in [6.45, 7) is 4.67. The Morgan fingerprint density at radius 1 is 1.42 bits per heavy atom. The third-order valence-corrected chi connectivity index (χ3v) is 3.00. The minimum absolute atomic E-state index is 0.234. The van der Waals surface area contributed by atoms with Crippen LogP contribution < -0.4 is 10.6 Å². The van der Waals surface area contributed by atoms with Crippen molar-refractivity contribution in [1.82, 2.24) is 5.32 Å². The van der Waals surface area contributed by atoms with Gasteiger partial charge in [0.25, 0.3) is 0 Å². The summed E-state index contributed by atoms with van der Waals surface area (Å²) in [5.41, 5.74) is -0.618. The summed E-state index contributed by atoms with van der Waals surface area (Å²) in [6.07, 6.45) is 0.234. The first kappa shape index (κ1) is 14.9. The Hall–Kier alpha value is -2.11. The second-order valence-corrected chi connectivity index (χ2v) is 4.53. The van der Waals surface area contributed by atoms with Gasteiger partial charge in [0.15, 0.2) is 0 Å². The molecule has 19 heavy (non-hydrogen) atoms. The van der Waals surface area contributed by atoms with Crippen LogP contribution in [0.3, 0.4) is 0 Å². The van der Waals surface area contributed by atoms with E-state index in [9.17, 15) is 14.0 Å². The van der Waals surface area contributed by atoms with Gasteiger partial charge < -0.3 is 15.7 Å². The molecule has 1 rings (SSSR count). The van der Waals surface area contributed by atoms with Crippen LogP contribution in [0.25, 0.3) is 0 Å². The molecule has 104 valence electrons. The van der Waals surface area contributed by atoms with Crippen LogP contribution in [0.15, 0.2) is 18.2 Å². The van der Waals surface area contributed by atoms with Gasteiger partial charge in [-0.05, 0) is 38.0 Å². The molecule has 2 amide bonds. The third-order valence-electron chi connectivity index (χ3n) is 3.00. The first-order valence-electron chi connectivity index (χ1n) is 5.87. The van der Waals surface area contributed by atoms with Crippen LogP contribution in [-0.4, -0.2) is 22.6 Å². The topological polar surface area (TPSA) is 78.4 Å². The van der Waals surface area contributed by atoms with Crippen LogP contribution >= 0.6 is 0 Å². The fraction of sp³-hybridized carbons (Fsp3) is 0.385. The number of halogens is 1. The molecule has 0 aromatic heterocycles. The molecule has 6 heteroatoms. The Morgan fingerprint density at radius 3 is 2.53 bits per heavy atom. The van der Waals surface area contributed by atoms with Gasteiger partial charge in [0, 0.05) is 5.69 Å². The van der Waals surface area contributed by atoms with E-state index in [4.69, 9.17) is 5.11 Å². The molecule has 0 fully saturated rings. The third kappa shape index (κ3) is 3.67. The number of urea groups is 1. The lowest BCUT2D eigenvalue weighted by Crippen LogP contribution is -2.53. The second kappa shape index (κ2) is 5.69. The van der Waals surface area contributed by atoms with Gasteiger partial charge in [-0.1, -0.05) is 13.0 Å². The van der Waals surface area contributed by atoms with E-state index in [0.29, 0.717) is 5.56 Å². The maximum absolute atomic E-state index is 13.3. The molecular weight excluding hydrogens is 251 g/mol. The molecule has 1 aromatic carbocycles. The van der Waals surface area contributed by atoms with Crippen molar-refractivity contribution >= 4 is 17.7 Å². The fourth-order valence-electron chi connectivity index (χ4n) is 1.38. The van der Waals surface area contributed by atoms with E-state index >= 15 is 0 Å². The number of carbonyl (C=O) groups excluding carboxylic acids is 1. The van der Waals surface area contributed by atoms with Gasteiger partial charge >= 0.3 is 12.0 Å². The summed E-state index contributed by atoms with van der Waals surface area (Å²) in [5, 5.41) is 13.8. The highest BCUT2D eigenvalue weighted by atomic mass is 19.1. The highest BCUT2D eigenvalue weighted by Crippen LogP contribution is 2.14. The molecular formula is C13H17FN2O3. The first-order valence-corrected chi connectivity index (χ1v) is 5.87. The van der Waals surface area contributed by atoms with Gasteiger partial charge in [0.1, 0.15) is 11.4 Å². The molecule has 0 saturated carbocycles. The predicted molar refractivity (Wildman–Crippen MR) is 69.6 cm³/mol. The van der Waals surface area contributed by atoms with Crippen molar-refractivity contribution in [3.63, 3.8) is 0 Å². The number of anilines is 1. The summed E-state index contributed by atoms with van der Waals surface area (Å²) >= 11 is 0. The van der Waals surface area contributed by atoms with Crippen LogP contribution in [0.5, 0.6) is 0 Å². The zero-order valence-electron chi connectivity index (χ0n) is 11.1. The summed E-state index contributed by atoms with van der Waals surface area (Å²) in [5.74, 6) is -1.56. The number of carboxylic acid groups (broad SMARTS) is 1. The zero-order valence-corrected chi connectivity index (χ0v) is 11.1. The molecule has 0 heterocycles.